The highest BCUT2D eigenvalue weighted by molar-refractivity contribution is 4.82. The van der Waals surface area contributed by atoms with Crippen molar-refractivity contribution >= 4 is 0 Å². The maximum Gasteiger partial charge on any atom is 0.146 e. The third-order valence-electron chi connectivity index (χ3n) is 3.42. The van der Waals surface area contributed by atoms with E-state index in [-0.39, 0.29) is 0 Å². The van der Waals surface area contributed by atoms with Gasteiger partial charge in [-0.3, -0.25) is 0 Å². The molecule has 2 heteroatoms. The number of rotatable bonds is 16. The summed E-state index contributed by atoms with van der Waals surface area (Å²) in [7, 11) is 0. The van der Waals surface area contributed by atoms with Gasteiger partial charge in [-0.2, -0.15) is 0 Å². The fourth-order valence-corrected chi connectivity index (χ4v) is 2.12. The third kappa shape index (κ3) is 17.5. The van der Waals surface area contributed by atoms with Crippen LogP contribution in [0.5, 0.6) is 0 Å². The third-order valence-corrected chi connectivity index (χ3v) is 3.42. The first-order valence-corrected chi connectivity index (χ1v) is 8.50. The molecule has 0 atom stereocenters. The van der Waals surface area contributed by atoms with Crippen molar-refractivity contribution < 1.29 is 9.47 Å². The highest BCUT2D eigenvalue weighted by Gasteiger charge is 1.93. The summed E-state index contributed by atoms with van der Waals surface area (Å²) in [5, 5.41) is 0. The molecule has 0 aliphatic rings. The van der Waals surface area contributed by atoms with E-state index in [2.05, 4.69) is 12.8 Å². The largest absolute Gasteiger partial charge is 0.355 e. The Bertz CT molecular complexity index is 208. The quantitative estimate of drug-likeness (QED) is 0.217. The molecule has 0 aliphatic carbocycles. The van der Waals surface area contributed by atoms with E-state index < -0.39 is 0 Å². The average Bonchev–Trinajstić information content (AvgIpc) is 2.47. The summed E-state index contributed by atoms with van der Waals surface area (Å²) in [6, 6.07) is 0. The molecule has 0 amide bonds. The van der Waals surface area contributed by atoms with E-state index in [0.717, 1.165) is 32.5 Å². The molecule has 0 bridgehead atoms. The SMILES string of the molecule is C#CCCCCCCCCCCOCOCCCCC. The molecular weight excluding hydrogens is 248 g/mol. The van der Waals surface area contributed by atoms with Crippen LogP contribution in [0, 0.1) is 12.3 Å². The van der Waals surface area contributed by atoms with Crippen LogP contribution in [-0.4, -0.2) is 20.0 Å². The molecule has 0 saturated carbocycles. The number of ether oxygens (including phenoxy) is 2. The van der Waals surface area contributed by atoms with Gasteiger partial charge in [0.15, 0.2) is 0 Å². The minimum Gasteiger partial charge on any atom is -0.355 e. The topological polar surface area (TPSA) is 18.5 Å². The van der Waals surface area contributed by atoms with Gasteiger partial charge in [0, 0.05) is 19.6 Å². The Kier molecular flexibility index (Phi) is 18.0. The zero-order chi connectivity index (χ0) is 14.7. The molecule has 0 heterocycles. The number of hydrogen-bond donors (Lipinski definition) is 0. The fraction of sp³-hybridized carbons (Fsp3) is 0.889. The van der Waals surface area contributed by atoms with Gasteiger partial charge in [-0.05, 0) is 19.3 Å². The van der Waals surface area contributed by atoms with Gasteiger partial charge in [0.05, 0.1) is 0 Å². The predicted molar refractivity (Wildman–Crippen MR) is 86.7 cm³/mol. The van der Waals surface area contributed by atoms with E-state index in [0.29, 0.717) is 6.79 Å². The van der Waals surface area contributed by atoms with E-state index in [1.165, 1.54) is 57.8 Å². The second-order valence-electron chi connectivity index (χ2n) is 5.42. The Labute approximate surface area is 126 Å². The zero-order valence-corrected chi connectivity index (χ0v) is 13.5. The van der Waals surface area contributed by atoms with Crippen molar-refractivity contribution in [2.24, 2.45) is 0 Å². The standard InChI is InChI=1S/C18H34O2/c1-3-5-7-8-9-10-11-12-13-15-17-20-18-19-16-14-6-4-2/h1H,4-18H2,2H3. The van der Waals surface area contributed by atoms with Gasteiger partial charge in [-0.15, -0.1) is 12.3 Å². The van der Waals surface area contributed by atoms with E-state index >= 15 is 0 Å². The summed E-state index contributed by atoms with van der Waals surface area (Å²) in [5.74, 6) is 2.69. The van der Waals surface area contributed by atoms with Gasteiger partial charge in [-0.1, -0.05) is 58.3 Å². The van der Waals surface area contributed by atoms with Crippen molar-refractivity contribution in [1.29, 1.82) is 0 Å². The molecular formula is C18H34O2. The van der Waals surface area contributed by atoms with Crippen molar-refractivity contribution in [2.75, 3.05) is 20.0 Å². The second-order valence-corrected chi connectivity index (χ2v) is 5.42. The highest BCUT2D eigenvalue weighted by atomic mass is 16.7. The molecule has 0 fully saturated rings. The van der Waals surface area contributed by atoms with Gasteiger partial charge in [0.25, 0.3) is 0 Å². The van der Waals surface area contributed by atoms with Gasteiger partial charge in [0.1, 0.15) is 6.79 Å². The van der Waals surface area contributed by atoms with Crippen molar-refractivity contribution in [1.82, 2.24) is 0 Å². The molecule has 0 unspecified atom stereocenters. The summed E-state index contributed by atoms with van der Waals surface area (Å²) < 4.78 is 10.8. The first kappa shape index (κ1) is 19.5. The average molecular weight is 282 g/mol. The lowest BCUT2D eigenvalue weighted by Crippen LogP contribution is -2.02. The van der Waals surface area contributed by atoms with Crippen molar-refractivity contribution in [3.8, 4) is 12.3 Å². The molecule has 2 nitrogen and oxygen atoms in total. The van der Waals surface area contributed by atoms with Gasteiger partial charge < -0.3 is 9.47 Å². The summed E-state index contributed by atoms with van der Waals surface area (Å²) in [4.78, 5) is 0. The zero-order valence-electron chi connectivity index (χ0n) is 13.5. The predicted octanol–water partition coefficient (Wildman–Crippen LogP) is 5.31. The lowest BCUT2D eigenvalue weighted by molar-refractivity contribution is -0.0555. The lowest BCUT2D eigenvalue weighted by atomic mass is 10.1. The smallest absolute Gasteiger partial charge is 0.146 e. The van der Waals surface area contributed by atoms with E-state index in [1.807, 2.05) is 0 Å². The maximum atomic E-state index is 5.44. The second kappa shape index (κ2) is 18.5. The van der Waals surface area contributed by atoms with Crippen molar-refractivity contribution in [3.63, 3.8) is 0 Å². The summed E-state index contributed by atoms with van der Waals surface area (Å²) in [6.45, 7) is 4.36. The van der Waals surface area contributed by atoms with Crippen LogP contribution >= 0.6 is 0 Å². The number of unbranched alkanes of at least 4 members (excludes halogenated alkanes) is 10. The summed E-state index contributed by atoms with van der Waals surface area (Å²) in [6.07, 6.45) is 20.1. The Morgan fingerprint density at radius 3 is 1.75 bits per heavy atom. The lowest BCUT2D eigenvalue weighted by Gasteiger charge is -2.05. The minimum absolute atomic E-state index is 0.471. The highest BCUT2D eigenvalue weighted by Crippen LogP contribution is 2.09. The van der Waals surface area contributed by atoms with Crippen LogP contribution < -0.4 is 0 Å². The molecule has 0 aliphatic heterocycles. The van der Waals surface area contributed by atoms with Crippen LogP contribution in [-0.2, 0) is 9.47 Å². The van der Waals surface area contributed by atoms with Gasteiger partial charge in [0.2, 0.25) is 0 Å². The summed E-state index contributed by atoms with van der Waals surface area (Å²) in [5.41, 5.74) is 0. The van der Waals surface area contributed by atoms with E-state index in [9.17, 15) is 0 Å². The fourth-order valence-electron chi connectivity index (χ4n) is 2.12. The summed E-state index contributed by atoms with van der Waals surface area (Å²) >= 11 is 0. The van der Waals surface area contributed by atoms with Gasteiger partial charge >= 0.3 is 0 Å². The van der Waals surface area contributed by atoms with E-state index in [1.54, 1.807) is 0 Å². The van der Waals surface area contributed by atoms with Crippen molar-refractivity contribution in [2.45, 2.75) is 84.0 Å². The number of hydrogen-bond acceptors (Lipinski definition) is 2. The molecule has 0 aromatic rings. The van der Waals surface area contributed by atoms with Gasteiger partial charge in [-0.25, -0.2) is 0 Å². The first-order valence-electron chi connectivity index (χ1n) is 8.50. The normalized spacial score (nSPS) is 10.6. The van der Waals surface area contributed by atoms with Crippen LogP contribution in [0.3, 0.4) is 0 Å². The molecule has 0 radical (unpaired) electrons. The number of terminal acetylenes is 1. The Morgan fingerprint density at radius 2 is 1.20 bits per heavy atom. The van der Waals surface area contributed by atoms with Crippen LogP contribution in [0.2, 0.25) is 0 Å². The van der Waals surface area contributed by atoms with Crippen LogP contribution in [0.15, 0.2) is 0 Å². The Balaban J connectivity index is 2.91. The molecule has 0 N–H and O–H groups in total. The molecule has 0 spiro atoms. The molecule has 0 saturated heterocycles. The Morgan fingerprint density at radius 1 is 0.700 bits per heavy atom. The first-order chi connectivity index (χ1) is 9.91. The van der Waals surface area contributed by atoms with Crippen molar-refractivity contribution in [3.05, 3.63) is 0 Å². The Hall–Kier alpha value is -0.520. The van der Waals surface area contributed by atoms with Crippen LogP contribution in [0.1, 0.15) is 84.0 Å². The molecule has 0 rings (SSSR count). The van der Waals surface area contributed by atoms with Crippen LogP contribution in [0.25, 0.3) is 0 Å². The molecule has 20 heavy (non-hydrogen) atoms. The monoisotopic (exact) mass is 282 g/mol. The van der Waals surface area contributed by atoms with E-state index in [4.69, 9.17) is 15.9 Å². The molecule has 118 valence electrons. The van der Waals surface area contributed by atoms with Crippen LogP contribution in [0.4, 0.5) is 0 Å². The molecule has 0 aromatic heterocycles. The molecule has 0 aromatic carbocycles. The maximum absolute atomic E-state index is 5.44. The minimum atomic E-state index is 0.471.